The van der Waals surface area contributed by atoms with Crippen LogP contribution in [0, 0.1) is 5.82 Å². The molecule has 4 heteroatoms. The third-order valence-corrected chi connectivity index (χ3v) is 3.54. The highest BCUT2D eigenvalue weighted by molar-refractivity contribution is 6.29. The number of benzene rings is 2. The summed E-state index contributed by atoms with van der Waals surface area (Å²) in [7, 11) is 0. The third-order valence-electron chi connectivity index (χ3n) is 3.31. The van der Waals surface area contributed by atoms with Crippen molar-refractivity contribution in [2.75, 3.05) is 10.8 Å². The number of hydrogen-bond acceptors (Lipinski definition) is 1. The number of halogens is 2. The topological polar surface area (TPSA) is 20.3 Å². The average molecular weight is 306 g/mol. The molecule has 0 saturated carbocycles. The van der Waals surface area contributed by atoms with E-state index in [1.807, 2.05) is 24.3 Å². The van der Waals surface area contributed by atoms with Crippen LogP contribution in [-0.2, 0) is 17.8 Å². The van der Waals surface area contributed by atoms with Crippen LogP contribution in [0.4, 0.5) is 10.1 Å². The van der Waals surface area contributed by atoms with E-state index in [9.17, 15) is 9.18 Å². The minimum absolute atomic E-state index is 0.135. The Labute approximate surface area is 129 Å². The van der Waals surface area contributed by atoms with Gasteiger partial charge in [-0.05, 0) is 35.7 Å². The van der Waals surface area contributed by atoms with Crippen molar-refractivity contribution in [3.05, 3.63) is 65.5 Å². The van der Waals surface area contributed by atoms with Gasteiger partial charge in [0, 0.05) is 5.69 Å². The average Bonchev–Trinajstić information content (AvgIpc) is 2.52. The van der Waals surface area contributed by atoms with Gasteiger partial charge in [-0.15, -0.1) is 11.6 Å². The molecule has 0 unspecified atom stereocenters. The first-order chi connectivity index (χ1) is 10.1. The zero-order chi connectivity index (χ0) is 15.2. The van der Waals surface area contributed by atoms with Crippen molar-refractivity contribution >= 4 is 23.2 Å². The van der Waals surface area contributed by atoms with Crippen molar-refractivity contribution in [2.45, 2.75) is 19.9 Å². The fourth-order valence-corrected chi connectivity index (χ4v) is 2.25. The summed E-state index contributed by atoms with van der Waals surface area (Å²) in [4.78, 5) is 13.5. The summed E-state index contributed by atoms with van der Waals surface area (Å²) in [6.07, 6.45) is 0.967. The molecule has 0 atom stereocenters. The first kappa shape index (κ1) is 15.5. The summed E-state index contributed by atoms with van der Waals surface area (Å²) in [5.41, 5.74) is 2.73. The molecule has 0 radical (unpaired) electrons. The Balaban J connectivity index is 2.26. The summed E-state index contributed by atoms with van der Waals surface area (Å²) >= 11 is 5.67. The van der Waals surface area contributed by atoms with E-state index in [0.29, 0.717) is 12.2 Å². The highest BCUT2D eigenvalue weighted by Crippen LogP contribution is 2.19. The van der Waals surface area contributed by atoms with Crippen LogP contribution in [-0.4, -0.2) is 11.8 Å². The second kappa shape index (κ2) is 7.23. The van der Waals surface area contributed by atoms with Gasteiger partial charge in [0.25, 0.3) is 0 Å². The molecule has 2 rings (SSSR count). The molecule has 2 aromatic rings. The molecular formula is C17H17ClFNO. The molecule has 0 spiro atoms. The van der Waals surface area contributed by atoms with Gasteiger partial charge in [0.15, 0.2) is 0 Å². The number of carbonyl (C=O) groups excluding carboxylic acids is 1. The third kappa shape index (κ3) is 4.05. The number of rotatable bonds is 5. The van der Waals surface area contributed by atoms with E-state index in [1.165, 1.54) is 22.6 Å². The number of nitrogens with zero attached hydrogens (tertiary/aromatic N) is 1. The Bertz CT molecular complexity index is 612. The maximum atomic E-state index is 13.4. The molecule has 0 aliphatic carbocycles. The summed E-state index contributed by atoms with van der Waals surface area (Å²) in [5, 5.41) is 0. The quantitative estimate of drug-likeness (QED) is 0.760. The Morgan fingerprint density at radius 2 is 1.81 bits per heavy atom. The molecule has 0 aliphatic rings. The molecule has 0 aliphatic heterocycles. The highest BCUT2D eigenvalue weighted by atomic mass is 35.5. The van der Waals surface area contributed by atoms with E-state index in [-0.39, 0.29) is 17.6 Å². The van der Waals surface area contributed by atoms with Crippen molar-refractivity contribution in [3.8, 4) is 0 Å². The van der Waals surface area contributed by atoms with Gasteiger partial charge < -0.3 is 4.90 Å². The van der Waals surface area contributed by atoms with E-state index in [1.54, 1.807) is 12.1 Å². The number of amides is 1. The van der Waals surface area contributed by atoms with Crippen molar-refractivity contribution in [2.24, 2.45) is 0 Å². The van der Waals surface area contributed by atoms with E-state index in [4.69, 9.17) is 11.6 Å². The number of carbonyl (C=O) groups is 1. The molecule has 0 heterocycles. The predicted molar refractivity (Wildman–Crippen MR) is 84.1 cm³/mol. The number of alkyl halides is 1. The fraction of sp³-hybridized carbons (Fsp3) is 0.235. The molecule has 0 N–H and O–H groups in total. The van der Waals surface area contributed by atoms with Crippen LogP contribution in [0.3, 0.4) is 0 Å². The first-order valence-corrected chi connectivity index (χ1v) is 7.37. The lowest BCUT2D eigenvalue weighted by atomic mass is 10.1. The lowest BCUT2D eigenvalue weighted by Crippen LogP contribution is -2.31. The molecule has 0 saturated heterocycles. The molecule has 0 aromatic heterocycles. The molecular weight excluding hydrogens is 289 g/mol. The van der Waals surface area contributed by atoms with Crippen molar-refractivity contribution in [1.29, 1.82) is 0 Å². The smallest absolute Gasteiger partial charge is 0.242 e. The van der Waals surface area contributed by atoms with Crippen LogP contribution >= 0.6 is 11.6 Å². The Hall–Kier alpha value is -1.87. The molecule has 1 amide bonds. The standard InChI is InChI=1S/C17H17ClFNO/c1-2-13-6-8-14(9-7-13)12-20(17(21)11-18)16-5-3-4-15(19)10-16/h3-10H,2,11-12H2,1H3. The Morgan fingerprint density at radius 1 is 1.14 bits per heavy atom. The van der Waals surface area contributed by atoms with Gasteiger partial charge in [0.1, 0.15) is 11.7 Å². The first-order valence-electron chi connectivity index (χ1n) is 6.83. The largest absolute Gasteiger partial charge is 0.307 e. The minimum Gasteiger partial charge on any atom is -0.307 e. The van der Waals surface area contributed by atoms with Gasteiger partial charge in [-0.3, -0.25) is 4.79 Å². The van der Waals surface area contributed by atoms with E-state index >= 15 is 0 Å². The number of anilines is 1. The zero-order valence-corrected chi connectivity index (χ0v) is 12.6. The molecule has 21 heavy (non-hydrogen) atoms. The van der Waals surface area contributed by atoms with Gasteiger partial charge >= 0.3 is 0 Å². The lowest BCUT2D eigenvalue weighted by molar-refractivity contribution is -0.116. The second-order valence-corrected chi connectivity index (χ2v) is 5.03. The molecule has 0 fully saturated rings. The van der Waals surface area contributed by atoms with Crippen molar-refractivity contribution in [1.82, 2.24) is 0 Å². The van der Waals surface area contributed by atoms with Crippen LogP contribution in [0.25, 0.3) is 0 Å². The fourth-order valence-electron chi connectivity index (χ4n) is 2.10. The molecule has 2 aromatic carbocycles. The van der Waals surface area contributed by atoms with Crippen molar-refractivity contribution in [3.63, 3.8) is 0 Å². The summed E-state index contributed by atoms with van der Waals surface area (Å²) in [6.45, 7) is 2.46. The van der Waals surface area contributed by atoms with Gasteiger partial charge in [-0.1, -0.05) is 37.3 Å². The monoisotopic (exact) mass is 305 g/mol. The zero-order valence-electron chi connectivity index (χ0n) is 11.9. The van der Waals surface area contributed by atoms with Gasteiger partial charge in [0.2, 0.25) is 5.91 Å². The summed E-state index contributed by atoms with van der Waals surface area (Å²) in [6, 6.07) is 14.0. The van der Waals surface area contributed by atoms with Crippen LogP contribution < -0.4 is 4.90 Å². The van der Waals surface area contributed by atoms with Gasteiger partial charge in [0.05, 0.1) is 6.54 Å². The van der Waals surface area contributed by atoms with Gasteiger partial charge in [-0.2, -0.15) is 0 Å². The van der Waals surface area contributed by atoms with Crippen LogP contribution in [0.1, 0.15) is 18.1 Å². The van der Waals surface area contributed by atoms with E-state index in [0.717, 1.165) is 12.0 Å². The van der Waals surface area contributed by atoms with Gasteiger partial charge in [-0.25, -0.2) is 4.39 Å². The molecule has 110 valence electrons. The molecule has 2 nitrogen and oxygen atoms in total. The summed E-state index contributed by atoms with van der Waals surface area (Å²) in [5.74, 6) is -0.758. The summed E-state index contributed by atoms with van der Waals surface area (Å²) < 4.78 is 13.4. The highest BCUT2D eigenvalue weighted by Gasteiger charge is 2.15. The van der Waals surface area contributed by atoms with Crippen molar-refractivity contribution < 1.29 is 9.18 Å². The Morgan fingerprint density at radius 3 is 2.38 bits per heavy atom. The minimum atomic E-state index is -0.374. The predicted octanol–water partition coefficient (Wildman–Crippen LogP) is 4.16. The SMILES string of the molecule is CCc1ccc(CN(C(=O)CCl)c2cccc(F)c2)cc1. The van der Waals surface area contributed by atoms with Crippen LogP contribution in [0.5, 0.6) is 0 Å². The Kier molecular flexibility index (Phi) is 5.34. The maximum Gasteiger partial charge on any atom is 0.242 e. The maximum absolute atomic E-state index is 13.4. The number of hydrogen-bond donors (Lipinski definition) is 0. The lowest BCUT2D eigenvalue weighted by Gasteiger charge is -2.22. The molecule has 0 bridgehead atoms. The van der Waals surface area contributed by atoms with E-state index in [2.05, 4.69) is 6.92 Å². The normalized spacial score (nSPS) is 10.4. The van der Waals surface area contributed by atoms with Crippen LogP contribution in [0.15, 0.2) is 48.5 Å². The van der Waals surface area contributed by atoms with Crippen LogP contribution in [0.2, 0.25) is 0 Å². The number of aryl methyl sites for hydroxylation is 1. The second-order valence-electron chi connectivity index (χ2n) is 4.76. The van der Waals surface area contributed by atoms with E-state index < -0.39 is 0 Å².